The molecule has 0 aliphatic rings. The van der Waals surface area contributed by atoms with Gasteiger partial charge in [0.25, 0.3) is 0 Å². The molecule has 0 aliphatic carbocycles. The van der Waals surface area contributed by atoms with Gasteiger partial charge in [-0.2, -0.15) is 18.2 Å². The molecule has 1 heterocycles. The number of nitrogens with zero attached hydrogens (tertiary/aromatic N) is 3. The summed E-state index contributed by atoms with van der Waals surface area (Å²) in [4.78, 5) is 9.49. The minimum absolute atomic E-state index is 0.0663. The highest BCUT2D eigenvalue weighted by molar-refractivity contribution is 5.59. The molecule has 0 saturated heterocycles. The first-order valence-electron chi connectivity index (χ1n) is 9.02. The van der Waals surface area contributed by atoms with Gasteiger partial charge in [0.15, 0.2) is 0 Å². The van der Waals surface area contributed by atoms with E-state index in [1.807, 2.05) is 13.0 Å². The molecule has 0 atom stereocenters. The smallest absolute Gasteiger partial charge is 0.423 e. The SMILES string of the molecule is CCCOc1cccc(N(C)c2ncc(C(F)(F)F)c(Oc3ccccc3)n2)c1. The van der Waals surface area contributed by atoms with Crippen molar-refractivity contribution >= 4 is 11.6 Å². The lowest BCUT2D eigenvalue weighted by atomic mass is 10.3. The summed E-state index contributed by atoms with van der Waals surface area (Å²) in [7, 11) is 1.66. The van der Waals surface area contributed by atoms with Crippen LogP contribution in [-0.4, -0.2) is 23.6 Å². The average Bonchev–Trinajstić information content (AvgIpc) is 2.72. The third kappa shape index (κ3) is 5.16. The molecule has 1 aromatic heterocycles. The predicted octanol–water partition coefficient (Wildman–Crippen LogP) is 5.84. The first kappa shape index (κ1) is 20.4. The molecule has 0 aliphatic heterocycles. The highest BCUT2D eigenvalue weighted by Gasteiger charge is 2.36. The van der Waals surface area contributed by atoms with Gasteiger partial charge in [-0.15, -0.1) is 0 Å². The Bertz CT molecular complexity index is 949. The summed E-state index contributed by atoms with van der Waals surface area (Å²) in [5, 5.41) is 0. The molecule has 0 spiro atoms. The van der Waals surface area contributed by atoms with E-state index in [0.717, 1.165) is 12.6 Å². The summed E-state index contributed by atoms with van der Waals surface area (Å²) >= 11 is 0. The number of alkyl halides is 3. The molecule has 0 radical (unpaired) electrons. The molecular weight excluding hydrogens is 383 g/mol. The van der Waals surface area contributed by atoms with Crippen LogP contribution in [0.25, 0.3) is 0 Å². The van der Waals surface area contributed by atoms with Crippen LogP contribution in [0.2, 0.25) is 0 Å². The lowest BCUT2D eigenvalue weighted by Crippen LogP contribution is -2.16. The maximum atomic E-state index is 13.4. The van der Waals surface area contributed by atoms with Gasteiger partial charge >= 0.3 is 6.18 Å². The lowest BCUT2D eigenvalue weighted by Gasteiger charge is -2.20. The van der Waals surface area contributed by atoms with Crippen molar-refractivity contribution in [2.24, 2.45) is 0 Å². The number of hydrogen-bond donors (Lipinski definition) is 0. The van der Waals surface area contributed by atoms with Crippen molar-refractivity contribution < 1.29 is 22.6 Å². The molecule has 0 unspecified atom stereocenters. The molecule has 0 saturated carbocycles. The number of anilines is 2. The zero-order valence-corrected chi connectivity index (χ0v) is 16.0. The van der Waals surface area contributed by atoms with Gasteiger partial charge in [-0.3, -0.25) is 0 Å². The minimum atomic E-state index is -4.64. The third-order valence-electron chi connectivity index (χ3n) is 3.98. The molecule has 0 N–H and O–H groups in total. The van der Waals surface area contributed by atoms with Crippen molar-refractivity contribution in [2.45, 2.75) is 19.5 Å². The van der Waals surface area contributed by atoms with E-state index in [1.165, 1.54) is 0 Å². The second-order valence-electron chi connectivity index (χ2n) is 6.21. The van der Waals surface area contributed by atoms with Crippen LogP contribution >= 0.6 is 0 Å². The first-order valence-corrected chi connectivity index (χ1v) is 9.02. The monoisotopic (exact) mass is 403 g/mol. The second kappa shape index (κ2) is 8.81. The van der Waals surface area contributed by atoms with Gasteiger partial charge in [0, 0.05) is 25.0 Å². The highest BCUT2D eigenvalue weighted by Crippen LogP contribution is 2.38. The molecular formula is C21H20F3N3O2. The molecule has 29 heavy (non-hydrogen) atoms. The Kier molecular flexibility index (Phi) is 6.21. The Hall–Kier alpha value is -3.29. The summed E-state index contributed by atoms with van der Waals surface area (Å²) in [6.07, 6.45) is -3.05. The van der Waals surface area contributed by atoms with Crippen molar-refractivity contribution in [2.75, 3.05) is 18.6 Å². The van der Waals surface area contributed by atoms with Crippen LogP contribution < -0.4 is 14.4 Å². The summed E-state index contributed by atoms with van der Waals surface area (Å²) in [6.45, 7) is 2.57. The van der Waals surface area contributed by atoms with E-state index in [4.69, 9.17) is 9.47 Å². The molecule has 0 amide bonds. The summed E-state index contributed by atoms with van der Waals surface area (Å²) in [5.74, 6) is 0.416. The molecule has 0 bridgehead atoms. The van der Waals surface area contributed by atoms with Crippen molar-refractivity contribution in [1.82, 2.24) is 9.97 Å². The molecule has 3 rings (SSSR count). The van der Waals surface area contributed by atoms with Crippen LogP contribution in [0.5, 0.6) is 17.4 Å². The van der Waals surface area contributed by atoms with Crippen LogP contribution in [0.15, 0.2) is 60.8 Å². The van der Waals surface area contributed by atoms with E-state index in [1.54, 1.807) is 60.5 Å². The van der Waals surface area contributed by atoms with Crippen molar-refractivity contribution in [3.63, 3.8) is 0 Å². The van der Waals surface area contributed by atoms with E-state index >= 15 is 0 Å². The average molecular weight is 403 g/mol. The number of hydrogen-bond acceptors (Lipinski definition) is 5. The number of rotatable bonds is 7. The molecule has 3 aromatic rings. The third-order valence-corrected chi connectivity index (χ3v) is 3.98. The second-order valence-corrected chi connectivity index (χ2v) is 6.21. The summed E-state index contributed by atoms with van der Waals surface area (Å²) < 4.78 is 51.2. The standard InChI is InChI=1S/C21H20F3N3O2/c1-3-12-28-17-11-7-8-15(13-17)27(2)20-25-14-18(21(22,23)24)19(26-20)29-16-9-5-4-6-10-16/h4-11,13-14H,3,12H2,1-2H3. The van der Waals surface area contributed by atoms with Crippen molar-refractivity contribution in [1.29, 1.82) is 0 Å². The van der Waals surface area contributed by atoms with E-state index < -0.39 is 17.6 Å². The van der Waals surface area contributed by atoms with Gasteiger partial charge in [-0.25, -0.2) is 4.98 Å². The number of halogens is 3. The van der Waals surface area contributed by atoms with E-state index in [9.17, 15) is 13.2 Å². The Morgan fingerprint density at radius 2 is 1.72 bits per heavy atom. The van der Waals surface area contributed by atoms with E-state index in [2.05, 4.69) is 9.97 Å². The quantitative estimate of drug-likeness (QED) is 0.496. The van der Waals surface area contributed by atoms with Gasteiger partial charge in [-0.05, 0) is 30.7 Å². The van der Waals surface area contributed by atoms with E-state index in [0.29, 0.717) is 18.0 Å². The fourth-order valence-corrected chi connectivity index (χ4v) is 2.51. The molecule has 5 nitrogen and oxygen atoms in total. The Labute approximate surface area is 166 Å². The van der Waals surface area contributed by atoms with Gasteiger partial charge in [0.2, 0.25) is 11.8 Å². The number of ether oxygens (including phenoxy) is 2. The largest absolute Gasteiger partial charge is 0.494 e. The molecule has 0 fully saturated rings. The minimum Gasteiger partial charge on any atom is -0.494 e. The van der Waals surface area contributed by atoms with E-state index in [-0.39, 0.29) is 11.7 Å². The fourth-order valence-electron chi connectivity index (χ4n) is 2.51. The van der Waals surface area contributed by atoms with Crippen LogP contribution in [0, 0.1) is 0 Å². The van der Waals surface area contributed by atoms with Crippen molar-refractivity contribution in [3.05, 3.63) is 66.4 Å². The number of aromatic nitrogens is 2. The van der Waals surface area contributed by atoms with Gasteiger partial charge in [0.05, 0.1) is 6.61 Å². The Morgan fingerprint density at radius 1 is 1.00 bits per heavy atom. The van der Waals surface area contributed by atoms with Gasteiger partial charge < -0.3 is 14.4 Å². The van der Waals surface area contributed by atoms with Crippen LogP contribution in [0.4, 0.5) is 24.8 Å². The summed E-state index contributed by atoms with van der Waals surface area (Å²) in [6, 6.07) is 15.3. The fraction of sp³-hybridized carbons (Fsp3) is 0.238. The summed E-state index contributed by atoms with van der Waals surface area (Å²) in [5.41, 5.74) is -0.373. The number of benzene rings is 2. The molecule has 152 valence electrons. The molecule has 2 aromatic carbocycles. The predicted molar refractivity (Wildman–Crippen MR) is 104 cm³/mol. The maximum absolute atomic E-state index is 13.4. The van der Waals surface area contributed by atoms with Crippen molar-refractivity contribution in [3.8, 4) is 17.4 Å². The highest BCUT2D eigenvalue weighted by atomic mass is 19.4. The lowest BCUT2D eigenvalue weighted by molar-refractivity contribution is -0.139. The normalized spacial score (nSPS) is 11.2. The zero-order valence-electron chi connectivity index (χ0n) is 16.0. The van der Waals surface area contributed by atoms with Crippen LogP contribution in [-0.2, 0) is 6.18 Å². The molecule has 8 heteroatoms. The zero-order chi connectivity index (χ0) is 20.9. The Balaban J connectivity index is 1.94. The van der Waals surface area contributed by atoms with Crippen LogP contribution in [0.1, 0.15) is 18.9 Å². The number of para-hydroxylation sites is 1. The maximum Gasteiger partial charge on any atom is 0.423 e. The Morgan fingerprint density at radius 3 is 2.41 bits per heavy atom. The van der Waals surface area contributed by atoms with Gasteiger partial charge in [0.1, 0.15) is 17.1 Å². The first-order chi connectivity index (χ1) is 13.9. The topological polar surface area (TPSA) is 47.5 Å². The van der Waals surface area contributed by atoms with Crippen LogP contribution in [0.3, 0.4) is 0 Å². The van der Waals surface area contributed by atoms with Gasteiger partial charge in [-0.1, -0.05) is 31.2 Å².